The van der Waals surface area contributed by atoms with Crippen LogP contribution in [0, 0.1) is 0 Å². The van der Waals surface area contributed by atoms with Crippen molar-refractivity contribution in [3.63, 3.8) is 0 Å². The Labute approximate surface area is 220 Å². The molecule has 0 radical (unpaired) electrons. The van der Waals surface area contributed by atoms with Crippen LogP contribution >= 0.6 is 0 Å². The molecule has 4 rings (SSSR count). The van der Waals surface area contributed by atoms with Crippen LogP contribution in [0.5, 0.6) is 0 Å². The maximum absolute atomic E-state index is 12.8. The van der Waals surface area contributed by atoms with Crippen LogP contribution in [-0.4, -0.2) is 64.8 Å². The van der Waals surface area contributed by atoms with Gasteiger partial charge >= 0.3 is 18.2 Å². The van der Waals surface area contributed by atoms with Gasteiger partial charge in [0.25, 0.3) is 0 Å². The first kappa shape index (κ1) is 27.2. The number of carboxylic acid groups (broad SMARTS) is 1. The van der Waals surface area contributed by atoms with Crippen molar-refractivity contribution in [2.75, 3.05) is 19.8 Å². The lowest BCUT2D eigenvalue weighted by atomic mass is 9.94. The number of carboxylic acids is 1. The molecule has 1 amide bonds. The lowest BCUT2D eigenvalue weighted by molar-refractivity contribution is -0.143. The summed E-state index contributed by atoms with van der Waals surface area (Å²) in [6, 6.07) is 15.6. The fourth-order valence-corrected chi connectivity index (χ4v) is 4.26. The number of rotatable bonds is 9. The molecule has 0 bridgehead atoms. The quantitative estimate of drug-likeness (QED) is 0.387. The van der Waals surface area contributed by atoms with Crippen LogP contribution < -0.4 is 10.6 Å². The van der Waals surface area contributed by atoms with Crippen LogP contribution in [0.25, 0.3) is 10.9 Å². The molecule has 1 fully saturated rings. The van der Waals surface area contributed by atoms with Gasteiger partial charge in [-0.2, -0.15) is 0 Å². The number of hydrogen-bond acceptors (Lipinski definition) is 7. The summed E-state index contributed by atoms with van der Waals surface area (Å²) in [5.41, 5.74) is 0.721. The van der Waals surface area contributed by atoms with E-state index in [2.05, 4.69) is 10.6 Å². The zero-order valence-electron chi connectivity index (χ0n) is 21.7. The van der Waals surface area contributed by atoms with E-state index in [0.29, 0.717) is 11.1 Å². The molecule has 38 heavy (non-hydrogen) atoms. The Balaban J connectivity index is 1.44. The zero-order chi connectivity index (χ0) is 27.3. The minimum absolute atomic E-state index is 0.103. The fraction of sp³-hybridized carbons (Fsp3) is 0.393. The normalized spacial score (nSPS) is 15.3. The molecule has 0 saturated carbocycles. The molecular formula is C28H33N3O7. The predicted molar refractivity (Wildman–Crippen MR) is 140 cm³/mol. The third-order valence-corrected chi connectivity index (χ3v) is 6.13. The molecule has 2 heterocycles. The van der Waals surface area contributed by atoms with Crippen LogP contribution in [0.2, 0.25) is 0 Å². The highest BCUT2D eigenvalue weighted by molar-refractivity contribution is 5.92. The number of carbonyl (C=O) groups excluding carboxylic acids is 2. The highest BCUT2D eigenvalue weighted by Crippen LogP contribution is 2.25. The molecule has 1 saturated heterocycles. The lowest BCUT2D eigenvalue weighted by Gasteiger charge is -2.43. The van der Waals surface area contributed by atoms with E-state index < -0.39 is 35.3 Å². The van der Waals surface area contributed by atoms with Gasteiger partial charge in [-0.3, -0.25) is 14.7 Å². The van der Waals surface area contributed by atoms with E-state index >= 15 is 0 Å². The van der Waals surface area contributed by atoms with Crippen molar-refractivity contribution >= 4 is 29.1 Å². The summed E-state index contributed by atoms with van der Waals surface area (Å²) in [6.45, 7) is 6.08. The highest BCUT2D eigenvalue weighted by atomic mass is 16.6. The van der Waals surface area contributed by atoms with Crippen molar-refractivity contribution in [3.8, 4) is 0 Å². The molecule has 1 aliphatic heterocycles. The van der Waals surface area contributed by atoms with Gasteiger partial charge in [0.05, 0.1) is 24.3 Å². The van der Waals surface area contributed by atoms with Gasteiger partial charge in [0.1, 0.15) is 18.2 Å². The Morgan fingerprint density at radius 2 is 1.76 bits per heavy atom. The van der Waals surface area contributed by atoms with Crippen molar-refractivity contribution in [1.29, 1.82) is 0 Å². The van der Waals surface area contributed by atoms with Gasteiger partial charge in [0, 0.05) is 24.5 Å². The minimum atomic E-state index is -1.06. The smallest absolute Gasteiger partial charge is 0.419 e. The number of fused-ring (bicyclic) bond motifs is 1. The van der Waals surface area contributed by atoms with E-state index in [0.717, 1.165) is 10.9 Å². The number of benzene rings is 2. The standard InChI is InChI=1S/C28H33N3O7/c1-27(2,3)38-26(35)31-14-20(21-11-7-8-12-23(21)31)13-22(24(32)33)30-28(17-36-18-28)16-29-25(34)37-15-19-9-5-4-6-10-19/h4-12,14,22,30H,13,15-18H2,1-3H3,(H,29,34)(H,32,33). The van der Waals surface area contributed by atoms with Gasteiger partial charge in [-0.1, -0.05) is 48.5 Å². The number of hydrogen-bond donors (Lipinski definition) is 3. The molecule has 10 heteroatoms. The number of aromatic nitrogens is 1. The SMILES string of the molecule is CC(C)(C)OC(=O)n1cc(CC(NC2(CNC(=O)OCc3ccccc3)COC2)C(=O)O)c2ccccc21. The molecule has 1 atom stereocenters. The van der Waals surface area contributed by atoms with Gasteiger partial charge in [0.2, 0.25) is 0 Å². The number of carbonyl (C=O) groups is 3. The molecular weight excluding hydrogens is 490 g/mol. The van der Waals surface area contributed by atoms with E-state index in [9.17, 15) is 19.5 Å². The number of para-hydroxylation sites is 1. The average Bonchev–Trinajstić information content (AvgIpc) is 3.21. The molecule has 1 aromatic heterocycles. The zero-order valence-corrected chi connectivity index (χ0v) is 21.7. The van der Waals surface area contributed by atoms with Crippen LogP contribution in [0.1, 0.15) is 31.9 Å². The molecule has 202 valence electrons. The van der Waals surface area contributed by atoms with E-state index in [1.54, 1.807) is 33.0 Å². The predicted octanol–water partition coefficient (Wildman–Crippen LogP) is 3.71. The number of amides is 1. The number of alkyl carbamates (subject to hydrolysis) is 1. The largest absolute Gasteiger partial charge is 0.480 e. The molecule has 1 aliphatic rings. The Hall–Kier alpha value is -3.89. The minimum Gasteiger partial charge on any atom is -0.480 e. The summed E-state index contributed by atoms with van der Waals surface area (Å²) >= 11 is 0. The van der Waals surface area contributed by atoms with Gasteiger partial charge in [-0.25, -0.2) is 9.59 Å². The van der Waals surface area contributed by atoms with Gasteiger partial charge < -0.3 is 24.6 Å². The second kappa shape index (κ2) is 11.2. The van der Waals surface area contributed by atoms with Crippen molar-refractivity contribution in [3.05, 3.63) is 71.9 Å². The molecule has 3 N–H and O–H groups in total. The Kier molecular flexibility index (Phi) is 8.03. The summed E-state index contributed by atoms with van der Waals surface area (Å²) in [5, 5.41) is 16.7. The number of ether oxygens (including phenoxy) is 3. The highest BCUT2D eigenvalue weighted by Gasteiger charge is 2.42. The molecule has 0 aliphatic carbocycles. The molecule has 1 unspecified atom stereocenters. The Morgan fingerprint density at radius 1 is 1.08 bits per heavy atom. The van der Waals surface area contributed by atoms with Crippen molar-refractivity contribution in [2.45, 2.75) is 51.0 Å². The first-order valence-electron chi connectivity index (χ1n) is 12.4. The van der Waals surface area contributed by atoms with E-state index in [-0.39, 0.29) is 32.8 Å². The second-order valence-corrected chi connectivity index (χ2v) is 10.4. The van der Waals surface area contributed by atoms with Crippen LogP contribution in [0.15, 0.2) is 60.8 Å². The molecule has 10 nitrogen and oxygen atoms in total. The monoisotopic (exact) mass is 523 g/mol. The van der Waals surface area contributed by atoms with Crippen molar-refractivity contribution in [2.24, 2.45) is 0 Å². The summed E-state index contributed by atoms with van der Waals surface area (Å²) in [7, 11) is 0. The van der Waals surface area contributed by atoms with Gasteiger partial charge in [-0.05, 0) is 38.0 Å². The summed E-state index contributed by atoms with van der Waals surface area (Å²) < 4.78 is 17.6. The first-order valence-corrected chi connectivity index (χ1v) is 12.4. The molecule has 0 spiro atoms. The van der Waals surface area contributed by atoms with Crippen LogP contribution in [0.4, 0.5) is 9.59 Å². The van der Waals surface area contributed by atoms with Gasteiger partial charge in [-0.15, -0.1) is 0 Å². The maximum atomic E-state index is 12.8. The lowest BCUT2D eigenvalue weighted by Crippen LogP contribution is -2.69. The van der Waals surface area contributed by atoms with E-state index in [1.807, 2.05) is 48.5 Å². The Bertz CT molecular complexity index is 1290. The average molecular weight is 524 g/mol. The van der Waals surface area contributed by atoms with Crippen LogP contribution in [0.3, 0.4) is 0 Å². The van der Waals surface area contributed by atoms with E-state index in [1.165, 1.54) is 4.57 Å². The van der Waals surface area contributed by atoms with Gasteiger partial charge in [0.15, 0.2) is 0 Å². The fourth-order valence-electron chi connectivity index (χ4n) is 4.26. The van der Waals surface area contributed by atoms with Crippen molar-refractivity contribution in [1.82, 2.24) is 15.2 Å². The third kappa shape index (κ3) is 6.70. The number of nitrogens with one attached hydrogen (secondary N) is 2. The Morgan fingerprint density at radius 3 is 2.39 bits per heavy atom. The summed E-state index contributed by atoms with van der Waals surface area (Å²) in [4.78, 5) is 37.4. The second-order valence-electron chi connectivity index (χ2n) is 10.4. The summed E-state index contributed by atoms with van der Waals surface area (Å²) in [5.74, 6) is -1.06. The van der Waals surface area contributed by atoms with Crippen LogP contribution in [-0.2, 0) is 32.0 Å². The first-order chi connectivity index (χ1) is 18.1. The van der Waals surface area contributed by atoms with Crippen molar-refractivity contribution < 1.29 is 33.7 Å². The number of aliphatic carboxylic acids is 1. The van der Waals surface area contributed by atoms with E-state index in [4.69, 9.17) is 14.2 Å². The third-order valence-electron chi connectivity index (χ3n) is 6.13. The number of nitrogens with zero attached hydrogens (tertiary/aromatic N) is 1. The molecule has 3 aromatic rings. The maximum Gasteiger partial charge on any atom is 0.419 e. The molecule has 2 aromatic carbocycles. The topological polar surface area (TPSA) is 128 Å². The summed E-state index contributed by atoms with van der Waals surface area (Å²) in [6.07, 6.45) is 0.585.